The van der Waals surface area contributed by atoms with Crippen molar-refractivity contribution in [1.82, 2.24) is 9.55 Å². The minimum Gasteiger partial charge on any atom is -0.731 e. The second-order valence-corrected chi connectivity index (χ2v) is 2.21. The highest BCUT2D eigenvalue weighted by atomic mass is 16.9. The molecule has 0 saturated carbocycles. The Kier molecular flexibility index (Phi) is 2.64. The maximum absolute atomic E-state index is 10.9. The molecule has 0 fully saturated rings. The fourth-order valence-corrected chi connectivity index (χ4v) is 0.832. The second-order valence-electron chi connectivity index (χ2n) is 2.21. The Morgan fingerprint density at radius 3 is 2.92 bits per heavy atom. The molecule has 0 saturated heterocycles. The first-order valence-electron chi connectivity index (χ1n) is 3.33. The van der Waals surface area contributed by atoms with Crippen molar-refractivity contribution in [2.75, 3.05) is 12.3 Å². The first-order valence-corrected chi connectivity index (χ1v) is 3.33. The van der Waals surface area contributed by atoms with Crippen LogP contribution in [-0.4, -0.2) is 21.8 Å². The van der Waals surface area contributed by atoms with Crippen LogP contribution in [0.5, 0.6) is 0 Å². The van der Waals surface area contributed by atoms with Crippen molar-refractivity contribution < 1.29 is 9.94 Å². The Morgan fingerprint density at radius 2 is 2.50 bits per heavy atom. The molecule has 1 aromatic rings. The molecule has 0 aromatic carbocycles. The molecule has 12 heavy (non-hydrogen) atoms. The molecule has 6 nitrogen and oxygen atoms in total. The molecular weight excluding hydrogens is 162 g/mol. The minimum absolute atomic E-state index is 0.113. The number of aliphatic hydroxyl groups excluding tert-OH is 1. The average molecular weight is 172 g/mol. The van der Waals surface area contributed by atoms with Crippen LogP contribution in [0.2, 0.25) is 0 Å². The van der Waals surface area contributed by atoms with E-state index in [9.17, 15) is 5.21 Å². The summed E-state index contributed by atoms with van der Waals surface area (Å²) in [6, 6.07) is 0. The zero-order valence-electron chi connectivity index (χ0n) is 6.89. The molecule has 0 spiro atoms. The summed E-state index contributed by atoms with van der Waals surface area (Å²) in [4.78, 5) is 8.14. The summed E-state index contributed by atoms with van der Waals surface area (Å²) in [7, 11) is 2.87. The van der Waals surface area contributed by atoms with E-state index < -0.39 is 0 Å². The molecule has 0 bridgehead atoms. The lowest BCUT2D eigenvalue weighted by Gasteiger charge is -2.25. The quantitative estimate of drug-likeness (QED) is 0.638. The third kappa shape index (κ3) is 1.40. The van der Waals surface area contributed by atoms with Crippen molar-refractivity contribution in [3.8, 4) is 0 Å². The maximum Gasteiger partial charge on any atom is 0.219 e. The highest BCUT2D eigenvalue weighted by Crippen LogP contribution is 2.12. The number of hydrogen-bond acceptors (Lipinski definition) is 5. The molecule has 0 unspecified atom stereocenters. The third-order valence-corrected chi connectivity index (χ3v) is 1.55. The largest absolute Gasteiger partial charge is 0.731 e. The van der Waals surface area contributed by atoms with E-state index in [1.807, 2.05) is 0 Å². The van der Waals surface area contributed by atoms with Gasteiger partial charge in [0.1, 0.15) is 0 Å². The van der Waals surface area contributed by atoms with Crippen molar-refractivity contribution in [3.63, 3.8) is 0 Å². The van der Waals surface area contributed by atoms with Crippen molar-refractivity contribution in [1.29, 1.82) is 0 Å². The predicted molar refractivity (Wildman–Crippen MR) is 42.0 cm³/mol. The molecule has 6 heteroatoms. The normalized spacial score (nSPS) is 10.3. The SMILES string of the molecule is CON([O-])c1ncc(CO)n1C. The summed E-state index contributed by atoms with van der Waals surface area (Å²) in [6.07, 6.45) is 1.42. The lowest BCUT2D eigenvalue weighted by molar-refractivity contribution is 0.190. The first-order chi connectivity index (χ1) is 5.70. The van der Waals surface area contributed by atoms with Gasteiger partial charge in [0.15, 0.2) is 0 Å². The van der Waals surface area contributed by atoms with Gasteiger partial charge < -0.3 is 14.9 Å². The lowest BCUT2D eigenvalue weighted by atomic mass is 10.5. The summed E-state index contributed by atoms with van der Waals surface area (Å²) in [5.41, 5.74) is 0.558. The van der Waals surface area contributed by atoms with Gasteiger partial charge in [-0.25, -0.2) is 4.98 Å². The van der Waals surface area contributed by atoms with Crippen LogP contribution in [-0.2, 0) is 18.5 Å². The highest BCUT2D eigenvalue weighted by Gasteiger charge is 2.05. The van der Waals surface area contributed by atoms with E-state index in [0.717, 1.165) is 0 Å². The third-order valence-electron chi connectivity index (χ3n) is 1.55. The van der Waals surface area contributed by atoms with Crippen LogP contribution in [0.15, 0.2) is 6.20 Å². The van der Waals surface area contributed by atoms with Crippen LogP contribution in [0.1, 0.15) is 5.69 Å². The van der Waals surface area contributed by atoms with Crippen molar-refractivity contribution in [2.24, 2.45) is 7.05 Å². The van der Waals surface area contributed by atoms with Crippen molar-refractivity contribution >= 4 is 5.95 Å². The van der Waals surface area contributed by atoms with Gasteiger partial charge in [0.25, 0.3) is 0 Å². The Balaban J connectivity index is 2.93. The van der Waals surface area contributed by atoms with E-state index in [2.05, 4.69) is 9.82 Å². The Labute approximate surface area is 69.5 Å². The molecule has 1 N–H and O–H groups in total. The fraction of sp³-hybridized carbons (Fsp3) is 0.500. The molecule has 0 amide bonds. The highest BCUT2D eigenvalue weighted by molar-refractivity contribution is 5.30. The number of aromatic nitrogens is 2. The van der Waals surface area contributed by atoms with E-state index in [1.165, 1.54) is 17.9 Å². The van der Waals surface area contributed by atoms with Crippen LogP contribution >= 0.6 is 0 Å². The number of rotatable bonds is 3. The van der Waals surface area contributed by atoms with E-state index in [-0.39, 0.29) is 17.8 Å². The van der Waals surface area contributed by atoms with Gasteiger partial charge in [0.2, 0.25) is 5.95 Å². The predicted octanol–water partition coefficient (Wildman–Crippen LogP) is -0.222. The topological polar surface area (TPSA) is 73.6 Å². The van der Waals surface area contributed by atoms with Crippen LogP contribution in [0.3, 0.4) is 0 Å². The van der Waals surface area contributed by atoms with Gasteiger partial charge in [-0.3, -0.25) is 10.1 Å². The Hall–Kier alpha value is -1.11. The zero-order chi connectivity index (χ0) is 9.14. The molecule has 1 heterocycles. The van der Waals surface area contributed by atoms with Gasteiger partial charge in [0.05, 0.1) is 25.6 Å². The summed E-state index contributed by atoms with van der Waals surface area (Å²) < 4.78 is 1.45. The molecule has 0 radical (unpaired) electrons. The van der Waals surface area contributed by atoms with Gasteiger partial charge >= 0.3 is 0 Å². The molecule has 68 valence electrons. The van der Waals surface area contributed by atoms with Crippen molar-refractivity contribution in [2.45, 2.75) is 6.61 Å². The van der Waals surface area contributed by atoms with Crippen LogP contribution in [0, 0.1) is 5.21 Å². The summed E-state index contributed by atoms with van der Waals surface area (Å²) in [6.45, 7) is -0.152. The number of anilines is 1. The first kappa shape index (κ1) is 8.98. The van der Waals surface area contributed by atoms with Crippen LogP contribution < -0.4 is 5.23 Å². The maximum atomic E-state index is 10.9. The zero-order valence-corrected chi connectivity index (χ0v) is 6.89. The number of hydrogen-bond donors (Lipinski definition) is 1. The molecule has 0 aliphatic heterocycles. The number of nitrogens with zero attached hydrogens (tertiary/aromatic N) is 3. The van der Waals surface area contributed by atoms with E-state index in [1.54, 1.807) is 7.05 Å². The van der Waals surface area contributed by atoms with Gasteiger partial charge in [0, 0.05) is 7.05 Å². The van der Waals surface area contributed by atoms with Gasteiger partial charge in [-0.15, -0.1) is 0 Å². The fourth-order valence-electron chi connectivity index (χ4n) is 0.832. The summed E-state index contributed by atoms with van der Waals surface area (Å²) in [5.74, 6) is 0.113. The lowest BCUT2D eigenvalue weighted by Crippen LogP contribution is -2.17. The van der Waals surface area contributed by atoms with Gasteiger partial charge in [-0.2, -0.15) is 0 Å². The minimum atomic E-state index is -0.152. The number of aliphatic hydroxyl groups is 1. The molecular formula is C6H10N3O3-. The Bertz CT molecular complexity index is 261. The number of imidazole rings is 1. The van der Waals surface area contributed by atoms with E-state index in [0.29, 0.717) is 5.69 Å². The van der Waals surface area contributed by atoms with Crippen molar-refractivity contribution in [3.05, 3.63) is 17.1 Å². The summed E-state index contributed by atoms with van der Waals surface area (Å²) in [5, 5.41) is 19.9. The molecule has 0 atom stereocenters. The standard InChI is InChI=1S/C6H10N3O3/c1-8-5(4-10)3-7-6(8)9(11)12-2/h3,10H,4H2,1-2H3/q-1. The average Bonchev–Trinajstić information content (AvgIpc) is 2.45. The van der Waals surface area contributed by atoms with Crippen LogP contribution in [0.4, 0.5) is 5.95 Å². The second kappa shape index (κ2) is 3.53. The van der Waals surface area contributed by atoms with Crippen LogP contribution in [0.25, 0.3) is 0 Å². The smallest absolute Gasteiger partial charge is 0.219 e. The molecule has 1 aromatic heterocycles. The van der Waals surface area contributed by atoms with E-state index in [4.69, 9.17) is 5.11 Å². The molecule has 0 aliphatic rings. The summed E-state index contributed by atoms with van der Waals surface area (Å²) >= 11 is 0. The molecule has 0 aliphatic carbocycles. The monoisotopic (exact) mass is 172 g/mol. The van der Waals surface area contributed by atoms with Gasteiger partial charge in [-0.05, 0) is 0 Å². The van der Waals surface area contributed by atoms with Gasteiger partial charge in [-0.1, -0.05) is 0 Å². The van der Waals surface area contributed by atoms with E-state index >= 15 is 0 Å². The Morgan fingerprint density at radius 1 is 1.83 bits per heavy atom. The molecule has 1 rings (SSSR count).